The maximum absolute atomic E-state index is 11.2. The van der Waals surface area contributed by atoms with Gasteiger partial charge in [-0.1, -0.05) is 0 Å². The van der Waals surface area contributed by atoms with Crippen LogP contribution < -0.4 is 10.6 Å². The molecule has 0 aliphatic rings. The lowest BCUT2D eigenvalue weighted by Gasteiger charge is -2.20. The van der Waals surface area contributed by atoms with Gasteiger partial charge in [0.05, 0.1) is 6.54 Å². The molecule has 0 aromatic heterocycles. The summed E-state index contributed by atoms with van der Waals surface area (Å²) in [5.41, 5.74) is -0.149. The van der Waals surface area contributed by atoms with E-state index in [9.17, 15) is 9.59 Å². The molecule has 1 atom stereocenters. The molecule has 5 heteroatoms. The number of hydrogen-bond acceptors (Lipinski definition) is 3. The summed E-state index contributed by atoms with van der Waals surface area (Å²) in [5, 5.41) is 13.8. The molecular formula is C9H18N2O3. The predicted octanol–water partition coefficient (Wildman–Crippen LogP) is -0.0362. The largest absolute Gasteiger partial charge is 0.480 e. The molecule has 0 aliphatic heterocycles. The van der Waals surface area contributed by atoms with E-state index in [0.717, 1.165) is 0 Å². The summed E-state index contributed by atoms with van der Waals surface area (Å²) in [6, 6.07) is -0.843. The van der Waals surface area contributed by atoms with Crippen LogP contribution in [-0.4, -0.2) is 35.1 Å². The number of carboxylic acid groups (broad SMARTS) is 1. The topological polar surface area (TPSA) is 78.4 Å². The highest BCUT2D eigenvalue weighted by Gasteiger charge is 2.15. The maximum atomic E-state index is 11.2. The van der Waals surface area contributed by atoms with Crippen LogP contribution in [0.4, 0.5) is 0 Å². The third kappa shape index (κ3) is 6.42. The molecule has 0 saturated carbocycles. The SMILES string of the molecule is C[C@@H](NC(=O)CNC(C)(C)C)C(=O)O. The van der Waals surface area contributed by atoms with Gasteiger partial charge in [-0.15, -0.1) is 0 Å². The van der Waals surface area contributed by atoms with Crippen molar-refractivity contribution in [1.82, 2.24) is 10.6 Å². The Morgan fingerprint density at radius 3 is 2.21 bits per heavy atom. The highest BCUT2D eigenvalue weighted by Crippen LogP contribution is 1.96. The first kappa shape index (κ1) is 12.9. The van der Waals surface area contributed by atoms with Gasteiger partial charge in [-0.3, -0.25) is 9.59 Å². The molecule has 3 N–H and O–H groups in total. The van der Waals surface area contributed by atoms with Gasteiger partial charge in [0, 0.05) is 5.54 Å². The molecule has 0 aliphatic carbocycles. The van der Waals surface area contributed by atoms with Crippen molar-refractivity contribution in [3.8, 4) is 0 Å². The summed E-state index contributed by atoms with van der Waals surface area (Å²) >= 11 is 0. The number of carboxylic acids is 1. The number of carbonyl (C=O) groups is 2. The number of rotatable bonds is 4. The lowest BCUT2D eigenvalue weighted by Crippen LogP contribution is -2.47. The lowest BCUT2D eigenvalue weighted by atomic mass is 10.1. The average molecular weight is 202 g/mol. The minimum Gasteiger partial charge on any atom is -0.480 e. The summed E-state index contributed by atoms with van der Waals surface area (Å²) in [7, 11) is 0. The molecule has 0 radical (unpaired) electrons. The number of hydrogen-bond donors (Lipinski definition) is 3. The summed E-state index contributed by atoms with van der Waals surface area (Å²) in [6.07, 6.45) is 0. The van der Waals surface area contributed by atoms with Crippen molar-refractivity contribution < 1.29 is 14.7 Å². The smallest absolute Gasteiger partial charge is 0.325 e. The second-order valence-corrected chi connectivity index (χ2v) is 4.23. The van der Waals surface area contributed by atoms with Gasteiger partial charge in [0.15, 0.2) is 0 Å². The van der Waals surface area contributed by atoms with Crippen LogP contribution in [0.1, 0.15) is 27.7 Å². The van der Waals surface area contributed by atoms with Gasteiger partial charge in [-0.25, -0.2) is 0 Å². The molecule has 14 heavy (non-hydrogen) atoms. The van der Waals surface area contributed by atoms with Gasteiger partial charge in [0.1, 0.15) is 6.04 Å². The first-order valence-corrected chi connectivity index (χ1v) is 4.49. The van der Waals surface area contributed by atoms with Crippen molar-refractivity contribution in [2.75, 3.05) is 6.54 Å². The van der Waals surface area contributed by atoms with Crippen LogP contribution in [0, 0.1) is 0 Å². The molecule has 82 valence electrons. The van der Waals surface area contributed by atoms with E-state index < -0.39 is 12.0 Å². The van der Waals surface area contributed by atoms with Gasteiger partial charge >= 0.3 is 5.97 Å². The van der Waals surface area contributed by atoms with Crippen molar-refractivity contribution >= 4 is 11.9 Å². The fraction of sp³-hybridized carbons (Fsp3) is 0.778. The van der Waals surface area contributed by atoms with Crippen LogP contribution >= 0.6 is 0 Å². The van der Waals surface area contributed by atoms with Crippen LogP contribution in [0.15, 0.2) is 0 Å². The Labute approximate surface area is 83.9 Å². The van der Waals surface area contributed by atoms with Crippen molar-refractivity contribution in [2.24, 2.45) is 0 Å². The first-order chi connectivity index (χ1) is 6.22. The Kier molecular flexibility index (Phi) is 4.56. The zero-order valence-electron chi connectivity index (χ0n) is 9.05. The van der Waals surface area contributed by atoms with Crippen LogP contribution in [0.2, 0.25) is 0 Å². The molecule has 0 heterocycles. The number of aliphatic carboxylic acids is 1. The minimum absolute atomic E-state index is 0.126. The van der Waals surface area contributed by atoms with E-state index in [0.29, 0.717) is 0 Å². The second kappa shape index (κ2) is 4.95. The average Bonchev–Trinajstić information content (AvgIpc) is 1.99. The minimum atomic E-state index is -1.03. The third-order valence-electron chi connectivity index (χ3n) is 1.53. The van der Waals surface area contributed by atoms with Gasteiger partial charge in [0.25, 0.3) is 0 Å². The number of nitrogens with one attached hydrogen (secondary N) is 2. The van der Waals surface area contributed by atoms with Crippen LogP contribution in [0.3, 0.4) is 0 Å². The van der Waals surface area contributed by atoms with Gasteiger partial charge in [-0.2, -0.15) is 0 Å². The molecule has 0 rings (SSSR count). The van der Waals surface area contributed by atoms with E-state index >= 15 is 0 Å². The van der Waals surface area contributed by atoms with E-state index in [1.54, 1.807) is 0 Å². The molecule has 0 aromatic carbocycles. The zero-order chi connectivity index (χ0) is 11.4. The molecular weight excluding hydrogens is 184 g/mol. The summed E-state index contributed by atoms with van der Waals surface area (Å²) in [5.74, 6) is -1.34. The maximum Gasteiger partial charge on any atom is 0.325 e. The summed E-state index contributed by atoms with van der Waals surface area (Å²) in [6.45, 7) is 7.35. The first-order valence-electron chi connectivity index (χ1n) is 4.49. The normalized spacial score (nSPS) is 13.4. The fourth-order valence-electron chi connectivity index (χ4n) is 0.700. The Bertz CT molecular complexity index is 221. The molecule has 0 fully saturated rings. The quantitative estimate of drug-likeness (QED) is 0.598. The molecule has 0 aromatic rings. The lowest BCUT2D eigenvalue weighted by molar-refractivity contribution is -0.141. The van der Waals surface area contributed by atoms with Crippen LogP contribution in [-0.2, 0) is 9.59 Å². The van der Waals surface area contributed by atoms with E-state index in [-0.39, 0.29) is 18.0 Å². The fourth-order valence-corrected chi connectivity index (χ4v) is 0.700. The highest BCUT2D eigenvalue weighted by molar-refractivity contribution is 5.84. The van der Waals surface area contributed by atoms with Gasteiger partial charge in [-0.05, 0) is 27.7 Å². The zero-order valence-corrected chi connectivity index (χ0v) is 9.05. The van der Waals surface area contributed by atoms with E-state index in [1.165, 1.54) is 6.92 Å². The van der Waals surface area contributed by atoms with Crippen LogP contribution in [0.25, 0.3) is 0 Å². The third-order valence-corrected chi connectivity index (χ3v) is 1.53. The Morgan fingerprint density at radius 1 is 1.36 bits per heavy atom. The Balaban J connectivity index is 3.83. The molecule has 0 unspecified atom stereocenters. The molecule has 0 spiro atoms. The van der Waals surface area contributed by atoms with Crippen molar-refractivity contribution in [1.29, 1.82) is 0 Å². The Hall–Kier alpha value is -1.10. The molecule has 1 amide bonds. The summed E-state index contributed by atoms with van der Waals surface area (Å²) in [4.78, 5) is 21.6. The standard InChI is InChI=1S/C9H18N2O3/c1-6(8(13)14)11-7(12)5-10-9(2,3)4/h6,10H,5H2,1-4H3,(H,11,12)(H,13,14)/t6-/m1/s1. The predicted molar refractivity (Wildman–Crippen MR) is 53.0 cm³/mol. The molecule has 0 saturated heterocycles. The summed E-state index contributed by atoms with van der Waals surface area (Å²) < 4.78 is 0. The van der Waals surface area contributed by atoms with E-state index in [2.05, 4.69) is 10.6 Å². The number of carbonyl (C=O) groups excluding carboxylic acids is 1. The molecule has 5 nitrogen and oxygen atoms in total. The van der Waals surface area contributed by atoms with E-state index in [1.807, 2.05) is 20.8 Å². The molecule has 0 bridgehead atoms. The second-order valence-electron chi connectivity index (χ2n) is 4.23. The highest BCUT2D eigenvalue weighted by atomic mass is 16.4. The van der Waals surface area contributed by atoms with E-state index in [4.69, 9.17) is 5.11 Å². The van der Waals surface area contributed by atoms with Gasteiger partial charge < -0.3 is 15.7 Å². The van der Waals surface area contributed by atoms with Crippen molar-refractivity contribution in [3.05, 3.63) is 0 Å². The van der Waals surface area contributed by atoms with Crippen LogP contribution in [0.5, 0.6) is 0 Å². The van der Waals surface area contributed by atoms with Crippen molar-refractivity contribution in [3.63, 3.8) is 0 Å². The Morgan fingerprint density at radius 2 is 1.86 bits per heavy atom. The number of amides is 1. The van der Waals surface area contributed by atoms with Crippen molar-refractivity contribution in [2.45, 2.75) is 39.3 Å². The monoisotopic (exact) mass is 202 g/mol. The van der Waals surface area contributed by atoms with Gasteiger partial charge in [0.2, 0.25) is 5.91 Å².